The van der Waals surface area contributed by atoms with Gasteiger partial charge in [-0.2, -0.15) is 0 Å². The van der Waals surface area contributed by atoms with Gasteiger partial charge in [0.25, 0.3) is 0 Å². The molecule has 2 fully saturated rings. The van der Waals surface area contributed by atoms with Crippen LogP contribution in [0.15, 0.2) is 0 Å². The number of nitrogens with zero attached hydrogens (tertiary/aromatic N) is 2. The fourth-order valence-corrected chi connectivity index (χ4v) is 3.18. The SMILES string of the molecule is CN(CC(=O)N1CCCC1)C(=O)C1CCCC1C(=O)O. The van der Waals surface area contributed by atoms with Crippen LogP contribution >= 0.6 is 0 Å². The Morgan fingerprint density at radius 2 is 1.70 bits per heavy atom. The summed E-state index contributed by atoms with van der Waals surface area (Å²) < 4.78 is 0. The second-order valence-electron chi connectivity index (χ2n) is 5.76. The number of rotatable bonds is 4. The topological polar surface area (TPSA) is 77.9 Å². The summed E-state index contributed by atoms with van der Waals surface area (Å²) in [6.45, 7) is 1.59. The molecule has 6 heteroatoms. The van der Waals surface area contributed by atoms with Crippen molar-refractivity contribution in [2.45, 2.75) is 32.1 Å². The van der Waals surface area contributed by atoms with E-state index < -0.39 is 17.8 Å². The van der Waals surface area contributed by atoms with Gasteiger partial charge in [-0.15, -0.1) is 0 Å². The molecule has 1 N–H and O–H groups in total. The molecular formula is C14H22N2O4. The molecule has 0 spiro atoms. The van der Waals surface area contributed by atoms with Gasteiger partial charge in [-0.05, 0) is 25.7 Å². The Hall–Kier alpha value is -1.59. The maximum absolute atomic E-state index is 12.3. The summed E-state index contributed by atoms with van der Waals surface area (Å²) >= 11 is 0. The van der Waals surface area contributed by atoms with Gasteiger partial charge in [-0.25, -0.2) is 0 Å². The lowest BCUT2D eigenvalue weighted by molar-refractivity contribution is -0.149. The molecule has 2 unspecified atom stereocenters. The van der Waals surface area contributed by atoms with E-state index in [0.29, 0.717) is 12.8 Å². The molecule has 112 valence electrons. The number of carboxylic acids is 1. The first-order valence-electron chi connectivity index (χ1n) is 7.26. The fourth-order valence-electron chi connectivity index (χ4n) is 3.18. The van der Waals surface area contributed by atoms with Gasteiger partial charge in [0.15, 0.2) is 0 Å². The molecule has 0 aromatic heterocycles. The number of aliphatic carboxylic acids is 1. The van der Waals surface area contributed by atoms with E-state index >= 15 is 0 Å². The van der Waals surface area contributed by atoms with Crippen LogP contribution in [0.5, 0.6) is 0 Å². The van der Waals surface area contributed by atoms with Gasteiger partial charge in [-0.3, -0.25) is 14.4 Å². The Balaban J connectivity index is 1.91. The van der Waals surface area contributed by atoms with Crippen LogP contribution in [0.25, 0.3) is 0 Å². The molecule has 2 atom stereocenters. The minimum atomic E-state index is -0.903. The van der Waals surface area contributed by atoms with Crippen LogP contribution < -0.4 is 0 Å². The van der Waals surface area contributed by atoms with Gasteiger partial charge >= 0.3 is 5.97 Å². The lowest BCUT2D eigenvalue weighted by atomic mass is 9.95. The van der Waals surface area contributed by atoms with Crippen LogP contribution in [-0.2, 0) is 14.4 Å². The summed E-state index contributed by atoms with van der Waals surface area (Å²) in [5.41, 5.74) is 0. The quantitative estimate of drug-likeness (QED) is 0.817. The molecule has 1 aliphatic heterocycles. The highest BCUT2D eigenvalue weighted by Gasteiger charge is 2.39. The van der Waals surface area contributed by atoms with Crippen molar-refractivity contribution in [3.63, 3.8) is 0 Å². The van der Waals surface area contributed by atoms with Crippen LogP contribution in [0, 0.1) is 11.8 Å². The number of carbonyl (C=O) groups excluding carboxylic acids is 2. The van der Waals surface area contributed by atoms with E-state index in [4.69, 9.17) is 5.11 Å². The van der Waals surface area contributed by atoms with Gasteiger partial charge in [0.2, 0.25) is 11.8 Å². The minimum Gasteiger partial charge on any atom is -0.481 e. The predicted molar refractivity (Wildman–Crippen MR) is 71.9 cm³/mol. The fraction of sp³-hybridized carbons (Fsp3) is 0.786. The van der Waals surface area contributed by atoms with Crippen molar-refractivity contribution in [3.8, 4) is 0 Å². The predicted octanol–water partition coefficient (Wildman–Crippen LogP) is 0.568. The van der Waals surface area contributed by atoms with Gasteiger partial charge in [-0.1, -0.05) is 6.42 Å². The molecule has 1 heterocycles. The number of hydrogen-bond donors (Lipinski definition) is 1. The molecule has 2 aliphatic rings. The Morgan fingerprint density at radius 1 is 1.10 bits per heavy atom. The molecule has 20 heavy (non-hydrogen) atoms. The summed E-state index contributed by atoms with van der Waals surface area (Å²) in [5, 5.41) is 9.12. The van der Waals surface area contributed by atoms with Crippen molar-refractivity contribution < 1.29 is 19.5 Å². The van der Waals surface area contributed by atoms with Crippen LogP contribution in [0.3, 0.4) is 0 Å². The molecule has 0 aromatic rings. The number of likely N-dealkylation sites (tertiary alicyclic amines) is 1. The van der Waals surface area contributed by atoms with Crippen LogP contribution in [0.2, 0.25) is 0 Å². The van der Waals surface area contributed by atoms with Crippen molar-refractivity contribution in [2.75, 3.05) is 26.7 Å². The Labute approximate surface area is 118 Å². The Morgan fingerprint density at radius 3 is 2.30 bits per heavy atom. The molecule has 0 bridgehead atoms. The minimum absolute atomic E-state index is 0.0387. The summed E-state index contributed by atoms with van der Waals surface area (Å²) in [6.07, 6.45) is 3.97. The van der Waals surface area contributed by atoms with E-state index in [2.05, 4.69) is 0 Å². The maximum Gasteiger partial charge on any atom is 0.307 e. The lowest BCUT2D eigenvalue weighted by Gasteiger charge is -2.25. The third-order valence-electron chi connectivity index (χ3n) is 4.36. The number of carbonyl (C=O) groups is 3. The molecule has 1 saturated heterocycles. The molecule has 6 nitrogen and oxygen atoms in total. The highest BCUT2D eigenvalue weighted by atomic mass is 16.4. The average Bonchev–Trinajstić information content (AvgIpc) is 3.08. The van der Waals surface area contributed by atoms with E-state index in [-0.39, 0.29) is 18.4 Å². The Kier molecular flexibility index (Phi) is 4.62. The van der Waals surface area contributed by atoms with Crippen LogP contribution in [0.4, 0.5) is 0 Å². The zero-order valence-corrected chi connectivity index (χ0v) is 11.9. The average molecular weight is 282 g/mol. The molecule has 2 rings (SSSR count). The zero-order valence-electron chi connectivity index (χ0n) is 11.9. The van der Waals surface area contributed by atoms with E-state index in [9.17, 15) is 14.4 Å². The van der Waals surface area contributed by atoms with Crippen molar-refractivity contribution >= 4 is 17.8 Å². The normalized spacial score (nSPS) is 25.8. The van der Waals surface area contributed by atoms with Crippen molar-refractivity contribution in [1.82, 2.24) is 9.80 Å². The third-order valence-corrected chi connectivity index (χ3v) is 4.36. The van der Waals surface area contributed by atoms with Gasteiger partial charge < -0.3 is 14.9 Å². The molecule has 0 radical (unpaired) electrons. The molecule has 2 amide bonds. The van der Waals surface area contributed by atoms with E-state index in [1.54, 1.807) is 11.9 Å². The van der Waals surface area contributed by atoms with Crippen LogP contribution in [-0.4, -0.2) is 59.4 Å². The smallest absolute Gasteiger partial charge is 0.307 e. The first kappa shape index (κ1) is 14.8. The molecular weight excluding hydrogens is 260 g/mol. The van der Waals surface area contributed by atoms with E-state index in [1.165, 1.54) is 4.90 Å². The number of likely N-dealkylation sites (N-methyl/N-ethyl adjacent to an activating group) is 1. The van der Waals surface area contributed by atoms with Crippen molar-refractivity contribution in [1.29, 1.82) is 0 Å². The summed E-state index contributed by atoms with van der Waals surface area (Å²) in [4.78, 5) is 38.6. The molecule has 0 aromatic carbocycles. The van der Waals surface area contributed by atoms with E-state index in [0.717, 1.165) is 32.4 Å². The first-order valence-corrected chi connectivity index (χ1v) is 7.26. The number of hydrogen-bond acceptors (Lipinski definition) is 3. The zero-order chi connectivity index (χ0) is 14.7. The van der Waals surface area contributed by atoms with Crippen LogP contribution in [0.1, 0.15) is 32.1 Å². The largest absolute Gasteiger partial charge is 0.481 e. The second kappa shape index (κ2) is 6.24. The third kappa shape index (κ3) is 3.11. The maximum atomic E-state index is 12.3. The van der Waals surface area contributed by atoms with E-state index in [1.807, 2.05) is 0 Å². The summed E-state index contributed by atoms with van der Waals surface area (Å²) in [7, 11) is 1.59. The standard InChI is InChI=1S/C14H22N2O4/c1-15(9-12(17)16-7-2-3-8-16)13(18)10-5-4-6-11(10)14(19)20/h10-11H,2-9H2,1H3,(H,19,20). The van der Waals surface area contributed by atoms with Gasteiger partial charge in [0, 0.05) is 20.1 Å². The number of amides is 2. The van der Waals surface area contributed by atoms with Crippen molar-refractivity contribution in [2.24, 2.45) is 11.8 Å². The highest BCUT2D eigenvalue weighted by molar-refractivity contribution is 5.88. The van der Waals surface area contributed by atoms with Crippen molar-refractivity contribution in [3.05, 3.63) is 0 Å². The van der Waals surface area contributed by atoms with Gasteiger partial charge in [0.05, 0.1) is 18.4 Å². The Bertz CT molecular complexity index is 404. The lowest BCUT2D eigenvalue weighted by Crippen LogP contribution is -2.43. The molecule has 1 saturated carbocycles. The summed E-state index contributed by atoms with van der Waals surface area (Å²) in [6, 6.07) is 0. The monoisotopic (exact) mass is 282 g/mol. The second-order valence-corrected chi connectivity index (χ2v) is 5.76. The van der Waals surface area contributed by atoms with Gasteiger partial charge in [0.1, 0.15) is 0 Å². The summed E-state index contributed by atoms with van der Waals surface area (Å²) in [5.74, 6) is -2.21. The molecule has 1 aliphatic carbocycles. The first-order chi connectivity index (χ1) is 9.50. The highest BCUT2D eigenvalue weighted by Crippen LogP contribution is 2.33. The number of carboxylic acid groups (broad SMARTS) is 1.